The molecule has 8 heteroatoms. The third-order valence-corrected chi connectivity index (χ3v) is 4.51. The quantitative estimate of drug-likeness (QED) is 0.897. The number of hydrogen-bond donors (Lipinski definition) is 1. The Morgan fingerprint density at radius 2 is 2.30 bits per heavy atom. The van der Waals surface area contributed by atoms with E-state index in [1.807, 2.05) is 0 Å². The van der Waals surface area contributed by atoms with E-state index in [-0.39, 0.29) is 10.6 Å². The number of hydrogen-bond acceptors (Lipinski definition) is 5. The van der Waals surface area contributed by atoms with Gasteiger partial charge in [-0.25, -0.2) is 23.8 Å². The molecule has 1 N–H and O–H groups in total. The predicted molar refractivity (Wildman–Crippen MR) is 72.5 cm³/mol. The van der Waals surface area contributed by atoms with E-state index < -0.39 is 5.97 Å². The van der Waals surface area contributed by atoms with Crippen molar-refractivity contribution in [2.24, 2.45) is 5.92 Å². The lowest BCUT2D eigenvalue weighted by Gasteiger charge is -1.97. The zero-order valence-corrected chi connectivity index (χ0v) is 11.8. The molecule has 0 bridgehead atoms. The number of carboxylic acids is 1. The lowest BCUT2D eigenvalue weighted by Crippen LogP contribution is -2.24. The van der Waals surface area contributed by atoms with Gasteiger partial charge in [-0.05, 0) is 19.3 Å². The molecule has 7 nitrogen and oxygen atoms in total. The Kier molecular flexibility index (Phi) is 3.17. The van der Waals surface area contributed by atoms with Gasteiger partial charge in [0.2, 0.25) is 0 Å². The summed E-state index contributed by atoms with van der Waals surface area (Å²) in [6.07, 6.45) is 4.85. The van der Waals surface area contributed by atoms with Crippen LogP contribution in [0.1, 0.15) is 34.6 Å². The van der Waals surface area contributed by atoms with Crippen LogP contribution in [0.5, 0.6) is 0 Å². The van der Waals surface area contributed by atoms with Crippen LogP contribution in [0.3, 0.4) is 0 Å². The summed E-state index contributed by atoms with van der Waals surface area (Å²) in [5.41, 5.74) is 0.145. The normalized spacial score (nSPS) is 14.7. The van der Waals surface area contributed by atoms with Crippen LogP contribution >= 0.6 is 11.3 Å². The van der Waals surface area contributed by atoms with E-state index in [0.717, 1.165) is 23.7 Å². The molecule has 0 aromatic carbocycles. The molecular formula is C12H14N4O3S. The van der Waals surface area contributed by atoms with E-state index in [1.165, 1.54) is 28.4 Å². The molecule has 3 rings (SSSR count). The topological polar surface area (TPSA) is 90.0 Å². The monoisotopic (exact) mass is 294 g/mol. The molecular weight excluding hydrogens is 280 g/mol. The van der Waals surface area contributed by atoms with Gasteiger partial charge in [-0.3, -0.25) is 0 Å². The van der Waals surface area contributed by atoms with Crippen molar-refractivity contribution in [2.75, 3.05) is 0 Å². The fourth-order valence-corrected chi connectivity index (χ4v) is 2.89. The molecule has 2 heterocycles. The summed E-state index contributed by atoms with van der Waals surface area (Å²) in [5.74, 6) is -0.298. The summed E-state index contributed by atoms with van der Waals surface area (Å²) < 4.78 is 2.71. The van der Waals surface area contributed by atoms with Crippen molar-refractivity contribution in [3.8, 4) is 5.13 Å². The lowest BCUT2D eigenvalue weighted by atomic mass is 10.3. The van der Waals surface area contributed by atoms with Gasteiger partial charge in [-0.15, -0.1) is 0 Å². The number of aryl methyl sites for hydroxylation is 2. The van der Waals surface area contributed by atoms with Gasteiger partial charge in [0.15, 0.2) is 5.13 Å². The number of nitrogens with zero attached hydrogens (tertiary/aromatic N) is 4. The van der Waals surface area contributed by atoms with Crippen molar-refractivity contribution in [1.82, 2.24) is 19.3 Å². The second-order valence-electron chi connectivity index (χ2n) is 4.95. The van der Waals surface area contributed by atoms with E-state index in [2.05, 4.69) is 10.1 Å². The molecule has 0 atom stereocenters. The van der Waals surface area contributed by atoms with Crippen LogP contribution in [0.15, 0.2) is 11.1 Å². The van der Waals surface area contributed by atoms with Gasteiger partial charge in [0.1, 0.15) is 11.2 Å². The number of rotatable bonds is 5. The maximum atomic E-state index is 12.2. The minimum atomic E-state index is -1.03. The molecule has 20 heavy (non-hydrogen) atoms. The summed E-state index contributed by atoms with van der Waals surface area (Å²) in [7, 11) is 0. The van der Waals surface area contributed by atoms with Crippen LogP contribution in [0.25, 0.3) is 5.13 Å². The lowest BCUT2D eigenvalue weighted by molar-refractivity contribution is 0.0701. The highest BCUT2D eigenvalue weighted by Crippen LogP contribution is 2.32. The first-order valence-corrected chi connectivity index (χ1v) is 7.23. The molecule has 0 radical (unpaired) electrons. The first-order chi connectivity index (χ1) is 9.56. The predicted octanol–water partition coefficient (Wildman–Crippen LogP) is 1.30. The average molecular weight is 294 g/mol. The average Bonchev–Trinajstić information content (AvgIpc) is 3.04. The van der Waals surface area contributed by atoms with E-state index >= 15 is 0 Å². The highest BCUT2D eigenvalue weighted by Gasteiger charge is 2.22. The summed E-state index contributed by atoms with van der Waals surface area (Å²) >= 11 is 0.984. The van der Waals surface area contributed by atoms with Crippen LogP contribution in [-0.4, -0.2) is 30.4 Å². The van der Waals surface area contributed by atoms with Crippen molar-refractivity contribution in [3.05, 3.63) is 27.4 Å². The molecule has 0 amide bonds. The van der Waals surface area contributed by atoms with Gasteiger partial charge in [-0.1, -0.05) is 24.2 Å². The summed E-state index contributed by atoms with van der Waals surface area (Å²) in [6.45, 7) is 2.22. The van der Waals surface area contributed by atoms with E-state index in [4.69, 9.17) is 5.11 Å². The molecule has 2 aromatic heterocycles. The van der Waals surface area contributed by atoms with Crippen LogP contribution in [0, 0.1) is 12.8 Å². The SMILES string of the molecule is Cc1nc(-n2cnn(CCC3CC3)c2=O)sc1C(=O)O. The Hall–Kier alpha value is -1.96. The van der Waals surface area contributed by atoms with Crippen LogP contribution in [-0.2, 0) is 6.54 Å². The molecule has 0 aliphatic heterocycles. The van der Waals surface area contributed by atoms with Gasteiger partial charge >= 0.3 is 11.7 Å². The molecule has 2 aromatic rings. The van der Waals surface area contributed by atoms with Crippen molar-refractivity contribution < 1.29 is 9.90 Å². The first-order valence-electron chi connectivity index (χ1n) is 6.42. The minimum absolute atomic E-state index is 0.151. The van der Waals surface area contributed by atoms with Gasteiger partial charge in [0, 0.05) is 6.54 Å². The van der Waals surface area contributed by atoms with Crippen molar-refractivity contribution >= 4 is 17.3 Å². The molecule has 1 aliphatic rings. The Labute approximate surface area is 118 Å². The second kappa shape index (κ2) is 4.86. The van der Waals surface area contributed by atoms with E-state index in [9.17, 15) is 9.59 Å². The third kappa shape index (κ3) is 2.38. The summed E-state index contributed by atoms with van der Waals surface area (Å²) in [4.78, 5) is 27.5. The van der Waals surface area contributed by atoms with Crippen molar-refractivity contribution in [3.63, 3.8) is 0 Å². The van der Waals surface area contributed by atoms with Crippen LogP contribution < -0.4 is 5.69 Å². The van der Waals surface area contributed by atoms with Crippen molar-refractivity contribution in [2.45, 2.75) is 32.7 Å². The van der Waals surface area contributed by atoms with Gasteiger partial charge < -0.3 is 5.11 Å². The Morgan fingerprint density at radius 3 is 2.90 bits per heavy atom. The van der Waals surface area contributed by atoms with Crippen LogP contribution in [0.4, 0.5) is 0 Å². The van der Waals surface area contributed by atoms with Gasteiger partial charge in [0.25, 0.3) is 0 Å². The summed E-state index contributed by atoms with van der Waals surface area (Å²) in [5, 5.41) is 13.4. The minimum Gasteiger partial charge on any atom is -0.477 e. The smallest absolute Gasteiger partial charge is 0.352 e. The molecule has 1 aliphatic carbocycles. The zero-order chi connectivity index (χ0) is 14.3. The highest BCUT2D eigenvalue weighted by molar-refractivity contribution is 7.16. The number of aromatic nitrogens is 4. The van der Waals surface area contributed by atoms with Crippen LogP contribution in [0.2, 0.25) is 0 Å². The molecule has 1 fully saturated rings. The largest absolute Gasteiger partial charge is 0.477 e. The van der Waals surface area contributed by atoms with Gasteiger partial charge in [-0.2, -0.15) is 5.10 Å². The van der Waals surface area contributed by atoms with Gasteiger partial charge in [0.05, 0.1) is 5.69 Å². The molecule has 1 saturated carbocycles. The second-order valence-corrected chi connectivity index (χ2v) is 5.93. The number of carboxylic acid groups (broad SMARTS) is 1. The highest BCUT2D eigenvalue weighted by atomic mass is 32.1. The third-order valence-electron chi connectivity index (χ3n) is 3.37. The molecule has 0 unspecified atom stereocenters. The Morgan fingerprint density at radius 1 is 1.55 bits per heavy atom. The Balaban J connectivity index is 1.88. The Bertz CT molecular complexity index is 711. The van der Waals surface area contributed by atoms with E-state index in [0.29, 0.717) is 17.4 Å². The summed E-state index contributed by atoms with van der Waals surface area (Å²) in [6, 6.07) is 0. The van der Waals surface area contributed by atoms with E-state index in [1.54, 1.807) is 6.92 Å². The fourth-order valence-electron chi connectivity index (χ4n) is 2.02. The number of thiazole rings is 1. The number of aromatic carboxylic acids is 1. The fraction of sp³-hybridized carbons (Fsp3) is 0.500. The first kappa shape index (κ1) is 13.0. The maximum Gasteiger partial charge on any atom is 0.352 e. The standard InChI is InChI=1S/C12H14N4O3S/c1-7-9(10(17)18)20-11(14-7)15-6-13-16(12(15)19)5-4-8-2-3-8/h6,8H,2-5H2,1H3,(H,17,18). The molecule has 106 valence electrons. The molecule has 0 spiro atoms. The number of carbonyl (C=O) groups is 1. The maximum absolute atomic E-state index is 12.2. The van der Waals surface area contributed by atoms with Crippen molar-refractivity contribution in [1.29, 1.82) is 0 Å². The molecule has 0 saturated heterocycles. The zero-order valence-electron chi connectivity index (χ0n) is 10.9.